The molecular weight excluding hydrogens is 454 g/mol. The fraction of sp³-hybridized carbons (Fsp3) is 0.440. The maximum absolute atomic E-state index is 12.3. The van der Waals surface area contributed by atoms with Crippen LogP contribution in [0.4, 0.5) is 0 Å². The van der Waals surface area contributed by atoms with Crippen LogP contribution in [0.2, 0.25) is 0 Å². The Balaban J connectivity index is 0.00000274. The molecule has 1 atom stereocenters. The Hall–Kier alpha value is -3.09. The van der Waals surface area contributed by atoms with Gasteiger partial charge in [-0.3, -0.25) is 9.47 Å². The molecule has 2 aromatic carbocycles. The van der Waals surface area contributed by atoms with Crippen molar-refractivity contribution in [3.63, 3.8) is 0 Å². The first-order valence-electron chi connectivity index (χ1n) is 11.4. The van der Waals surface area contributed by atoms with Gasteiger partial charge in [0.05, 0.1) is 24.3 Å². The second kappa shape index (κ2) is 10.5. The lowest BCUT2D eigenvalue weighted by Gasteiger charge is -2.35. The van der Waals surface area contributed by atoms with Gasteiger partial charge in [0, 0.05) is 25.2 Å². The molecule has 34 heavy (non-hydrogen) atoms. The summed E-state index contributed by atoms with van der Waals surface area (Å²) in [5.74, 6) is 2.28. The van der Waals surface area contributed by atoms with E-state index in [0.29, 0.717) is 47.5 Å². The van der Waals surface area contributed by atoms with Crippen LogP contribution in [0.1, 0.15) is 24.8 Å². The zero-order valence-corrected chi connectivity index (χ0v) is 20.2. The number of benzene rings is 2. The van der Waals surface area contributed by atoms with E-state index in [1.165, 1.54) is 0 Å². The first-order valence-corrected chi connectivity index (χ1v) is 11.4. The van der Waals surface area contributed by atoms with E-state index in [-0.39, 0.29) is 25.4 Å². The van der Waals surface area contributed by atoms with Crippen LogP contribution in [0.5, 0.6) is 17.2 Å². The number of rotatable bonds is 6. The highest BCUT2D eigenvalue weighted by atomic mass is 32.1. The standard InChI is InChI=1S/C25H27N3O5.H2S/c1-30-19-3-4-21-23(13-19)33-25(29)28(21)11-8-17-6-9-27(10-7-17)15-20-16-31-22-5-2-18(14-26)12-24(22)32-20;/h2-5,12-13,17,20H,6-11,15-16H2,1H3;1H2/t20-;/m0./s1. The monoisotopic (exact) mass is 483 g/mol. The smallest absolute Gasteiger partial charge is 0.419 e. The molecule has 0 saturated carbocycles. The number of oxazole rings is 1. The minimum Gasteiger partial charge on any atom is -0.497 e. The summed E-state index contributed by atoms with van der Waals surface area (Å²) in [6.07, 6.45) is 3.07. The van der Waals surface area contributed by atoms with Gasteiger partial charge < -0.3 is 18.6 Å². The summed E-state index contributed by atoms with van der Waals surface area (Å²) in [6, 6.07) is 12.9. The largest absolute Gasteiger partial charge is 0.497 e. The topological polar surface area (TPSA) is 89.9 Å². The molecule has 1 saturated heterocycles. The average Bonchev–Trinajstić information content (AvgIpc) is 3.17. The van der Waals surface area contributed by atoms with Crippen molar-refractivity contribution in [1.29, 1.82) is 5.26 Å². The van der Waals surface area contributed by atoms with Crippen molar-refractivity contribution < 1.29 is 18.6 Å². The maximum Gasteiger partial charge on any atom is 0.419 e. The van der Waals surface area contributed by atoms with Gasteiger partial charge in [0.15, 0.2) is 17.1 Å². The average molecular weight is 484 g/mol. The molecule has 0 bridgehead atoms. The van der Waals surface area contributed by atoms with E-state index in [1.807, 2.05) is 12.1 Å². The predicted molar refractivity (Wildman–Crippen MR) is 132 cm³/mol. The quantitative estimate of drug-likeness (QED) is 0.530. The highest BCUT2D eigenvalue weighted by Gasteiger charge is 2.26. The number of nitriles is 1. The van der Waals surface area contributed by atoms with E-state index in [1.54, 1.807) is 35.9 Å². The first kappa shape index (κ1) is 24.0. The van der Waals surface area contributed by atoms with Crippen LogP contribution >= 0.6 is 13.5 Å². The third-order valence-corrected chi connectivity index (χ3v) is 6.60. The van der Waals surface area contributed by atoms with Crippen LogP contribution in [0.3, 0.4) is 0 Å². The molecule has 1 aromatic heterocycles. The van der Waals surface area contributed by atoms with Gasteiger partial charge in [-0.2, -0.15) is 18.8 Å². The van der Waals surface area contributed by atoms with Gasteiger partial charge >= 0.3 is 5.76 Å². The third-order valence-electron chi connectivity index (χ3n) is 6.60. The molecule has 0 N–H and O–H groups in total. The fourth-order valence-corrected chi connectivity index (χ4v) is 4.72. The van der Waals surface area contributed by atoms with Gasteiger partial charge in [-0.05, 0) is 62.5 Å². The molecule has 9 heteroatoms. The second-order valence-electron chi connectivity index (χ2n) is 8.71. The summed E-state index contributed by atoms with van der Waals surface area (Å²) >= 11 is 0. The molecule has 2 aliphatic heterocycles. The van der Waals surface area contributed by atoms with Crippen LogP contribution in [0, 0.1) is 17.2 Å². The van der Waals surface area contributed by atoms with Gasteiger partial charge in [0.1, 0.15) is 18.5 Å². The van der Waals surface area contributed by atoms with Crippen molar-refractivity contribution in [3.05, 3.63) is 52.5 Å². The Morgan fingerprint density at radius 1 is 1.15 bits per heavy atom. The highest BCUT2D eigenvalue weighted by Crippen LogP contribution is 2.33. The van der Waals surface area contributed by atoms with Crippen molar-refractivity contribution in [2.45, 2.75) is 31.9 Å². The zero-order valence-electron chi connectivity index (χ0n) is 19.2. The van der Waals surface area contributed by atoms with Gasteiger partial charge in [0.2, 0.25) is 0 Å². The van der Waals surface area contributed by atoms with Crippen molar-refractivity contribution in [2.24, 2.45) is 5.92 Å². The lowest BCUT2D eigenvalue weighted by molar-refractivity contribution is 0.0469. The molecule has 0 amide bonds. The Kier molecular flexibility index (Phi) is 7.39. The number of aryl methyl sites for hydroxylation is 1. The number of nitrogens with zero attached hydrogens (tertiary/aromatic N) is 3. The second-order valence-corrected chi connectivity index (χ2v) is 8.71. The van der Waals surface area contributed by atoms with Crippen LogP contribution in [0.15, 0.2) is 45.6 Å². The molecule has 3 heterocycles. The fourth-order valence-electron chi connectivity index (χ4n) is 4.72. The maximum atomic E-state index is 12.3. The van der Waals surface area contributed by atoms with Crippen molar-refractivity contribution in [1.82, 2.24) is 9.47 Å². The first-order chi connectivity index (χ1) is 16.1. The van der Waals surface area contributed by atoms with Crippen LogP contribution < -0.4 is 20.0 Å². The zero-order chi connectivity index (χ0) is 22.8. The van der Waals surface area contributed by atoms with Crippen LogP contribution in [-0.2, 0) is 6.54 Å². The lowest BCUT2D eigenvalue weighted by atomic mass is 9.93. The molecule has 0 radical (unpaired) electrons. The number of aromatic nitrogens is 1. The molecule has 2 aliphatic rings. The summed E-state index contributed by atoms with van der Waals surface area (Å²) < 4.78 is 24.3. The number of likely N-dealkylation sites (tertiary alicyclic amines) is 1. The highest BCUT2D eigenvalue weighted by molar-refractivity contribution is 7.59. The Morgan fingerprint density at radius 2 is 1.97 bits per heavy atom. The summed E-state index contributed by atoms with van der Waals surface area (Å²) in [5.41, 5.74) is 1.95. The van der Waals surface area contributed by atoms with E-state index in [0.717, 1.165) is 44.4 Å². The Morgan fingerprint density at radius 3 is 2.74 bits per heavy atom. The number of fused-ring (bicyclic) bond motifs is 2. The van der Waals surface area contributed by atoms with Gasteiger partial charge in [-0.15, -0.1) is 0 Å². The lowest BCUT2D eigenvalue weighted by Crippen LogP contribution is -2.44. The molecule has 0 unspecified atom stereocenters. The number of hydrogen-bond acceptors (Lipinski definition) is 7. The minimum absolute atomic E-state index is 0. The number of ether oxygens (including phenoxy) is 3. The van der Waals surface area contributed by atoms with E-state index in [2.05, 4.69) is 11.0 Å². The normalized spacial score (nSPS) is 18.3. The molecule has 8 nitrogen and oxygen atoms in total. The van der Waals surface area contributed by atoms with Gasteiger partial charge in [0.25, 0.3) is 0 Å². The molecule has 5 rings (SSSR count). The summed E-state index contributed by atoms with van der Waals surface area (Å²) in [5, 5.41) is 9.10. The van der Waals surface area contributed by atoms with E-state index in [9.17, 15) is 4.79 Å². The van der Waals surface area contributed by atoms with E-state index < -0.39 is 0 Å². The number of hydrogen-bond donors (Lipinski definition) is 0. The van der Waals surface area contributed by atoms with Crippen molar-refractivity contribution in [3.8, 4) is 23.3 Å². The van der Waals surface area contributed by atoms with Gasteiger partial charge in [-0.25, -0.2) is 4.79 Å². The SMILES string of the molecule is COc1ccc2c(c1)oc(=O)n2CCC1CCN(C[C@H]2COc3ccc(C#N)cc3O2)CC1.S. The summed E-state index contributed by atoms with van der Waals surface area (Å²) in [6.45, 7) is 3.96. The molecule has 180 valence electrons. The molecular formula is C25H29N3O5S. The van der Waals surface area contributed by atoms with Crippen molar-refractivity contribution >= 4 is 24.6 Å². The number of piperidine rings is 1. The third kappa shape index (κ3) is 5.03. The molecule has 0 aliphatic carbocycles. The van der Waals surface area contributed by atoms with Crippen LogP contribution in [-0.4, -0.2) is 48.9 Å². The summed E-state index contributed by atoms with van der Waals surface area (Å²) in [4.78, 5) is 14.7. The summed E-state index contributed by atoms with van der Waals surface area (Å²) in [7, 11) is 1.60. The molecule has 0 spiro atoms. The minimum atomic E-state index is -0.315. The predicted octanol–water partition coefficient (Wildman–Crippen LogP) is 3.53. The van der Waals surface area contributed by atoms with Gasteiger partial charge in [-0.1, -0.05) is 0 Å². The molecule has 1 fully saturated rings. The van der Waals surface area contributed by atoms with Crippen molar-refractivity contribution in [2.75, 3.05) is 33.4 Å². The molecule has 3 aromatic rings. The Labute approximate surface area is 205 Å². The van der Waals surface area contributed by atoms with E-state index >= 15 is 0 Å². The number of methoxy groups -OCH3 is 1. The van der Waals surface area contributed by atoms with E-state index in [4.69, 9.17) is 23.9 Å². The van der Waals surface area contributed by atoms with Crippen LogP contribution in [0.25, 0.3) is 11.1 Å². The Bertz CT molecular complexity index is 1240.